The van der Waals surface area contributed by atoms with E-state index in [-0.39, 0.29) is 18.1 Å². The number of carbonyl (C=O) groups is 1. The third kappa shape index (κ3) is 4.35. The first-order valence-electron chi connectivity index (χ1n) is 8.57. The first-order valence-corrected chi connectivity index (χ1v) is 8.95. The molecule has 0 aliphatic rings. The van der Waals surface area contributed by atoms with Crippen LogP contribution in [0.25, 0.3) is 0 Å². The lowest BCUT2D eigenvalue weighted by Gasteiger charge is -2.25. The van der Waals surface area contributed by atoms with Gasteiger partial charge >= 0.3 is 0 Å². The van der Waals surface area contributed by atoms with Crippen LogP contribution >= 0.6 is 11.6 Å². The Morgan fingerprint density at radius 3 is 2.48 bits per heavy atom. The molecule has 1 N–H and O–H groups in total. The Balaban J connectivity index is 1.89. The van der Waals surface area contributed by atoms with Gasteiger partial charge in [-0.2, -0.15) is 5.10 Å². The minimum Gasteiger partial charge on any atom is -0.387 e. The molecule has 0 saturated heterocycles. The molecule has 7 heteroatoms. The molecule has 1 aromatic carbocycles. The number of hydrogen-bond acceptors (Lipinski definition) is 4. The third-order valence-corrected chi connectivity index (χ3v) is 4.90. The van der Waals surface area contributed by atoms with Crippen molar-refractivity contribution in [2.45, 2.75) is 19.6 Å². The van der Waals surface area contributed by atoms with Gasteiger partial charge < -0.3 is 10.0 Å². The summed E-state index contributed by atoms with van der Waals surface area (Å²) < 4.78 is 1.58. The molecule has 0 aliphatic heterocycles. The number of hydrogen-bond donors (Lipinski definition) is 1. The third-order valence-electron chi connectivity index (χ3n) is 4.45. The summed E-state index contributed by atoms with van der Waals surface area (Å²) in [5.74, 6) is -0.324. The molecule has 1 amide bonds. The Morgan fingerprint density at radius 2 is 1.89 bits per heavy atom. The SMILES string of the molecule is Cc1c(Cl)c(C(=O)N(Cc2ccncc2)C[C@H](O)c2ccccc2)nn1C. The van der Waals surface area contributed by atoms with Crippen molar-refractivity contribution in [1.82, 2.24) is 19.7 Å². The number of benzene rings is 1. The molecule has 0 fully saturated rings. The fourth-order valence-electron chi connectivity index (χ4n) is 2.79. The fraction of sp³-hybridized carbons (Fsp3) is 0.250. The Labute approximate surface area is 163 Å². The van der Waals surface area contributed by atoms with Crippen molar-refractivity contribution in [1.29, 1.82) is 0 Å². The molecule has 0 saturated carbocycles. The Kier molecular flexibility index (Phi) is 5.88. The van der Waals surface area contributed by atoms with E-state index in [1.54, 1.807) is 35.9 Å². The van der Waals surface area contributed by atoms with Gasteiger partial charge in [0.15, 0.2) is 5.69 Å². The van der Waals surface area contributed by atoms with Gasteiger partial charge in [-0.1, -0.05) is 41.9 Å². The molecule has 140 valence electrons. The van der Waals surface area contributed by atoms with E-state index in [1.165, 1.54) is 0 Å². The van der Waals surface area contributed by atoms with Gasteiger partial charge in [-0.15, -0.1) is 0 Å². The molecule has 27 heavy (non-hydrogen) atoms. The van der Waals surface area contributed by atoms with E-state index in [0.29, 0.717) is 17.3 Å². The van der Waals surface area contributed by atoms with Gasteiger partial charge in [0.2, 0.25) is 0 Å². The standard InChI is InChI=1S/C20H21ClN4O2/c1-14-18(21)19(23-24(14)2)20(27)25(12-15-8-10-22-11-9-15)13-17(26)16-6-4-3-5-7-16/h3-11,17,26H,12-13H2,1-2H3/t17-/m0/s1. The van der Waals surface area contributed by atoms with Gasteiger partial charge in [0.1, 0.15) is 0 Å². The summed E-state index contributed by atoms with van der Waals surface area (Å²) in [6, 6.07) is 12.9. The molecule has 0 unspecified atom stereocenters. The molecule has 2 aromatic heterocycles. The van der Waals surface area contributed by atoms with E-state index in [9.17, 15) is 9.90 Å². The summed E-state index contributed by atoms with van der Waals surface area (Å²) in [6.07, 6.45) is 2.52. The minimum atomic E-state index is -0.819. The van der Waals surface area contributed by atoms with Gasteiger partial charge in [-0.3, -0.25) is 14.5 Å². The highest BCUT2D eigenvalue weighted by atomic mass is 35.5. The Bertz CT molecular complexity index is 912. The monoisotopic (exact) mass is 384 g/mol. The first-order chi connectivity index (χ1) is 13.0. The second-order valence-electron chi connectivity index (χ2n) is 6.34. The van der Waals surface area contributed by atoms with Crippen LogP contribution < -0.4 is 0 Å². The molecule has 3 aromatic rings. The van der Waals surface area contributed by atoms with Crippen LogP contribution in [0.1, 0.15) is 33.4 Å². The first kappa shape index (κ1) is 19.1. The normalized spacial score (nSPS) is 12.0. The molecule has 3 rings (SSSR count). The molecule has 0 spiro atoms. The van der Waals surface area contributed by atoms with Crippen LogP contribution in [0.3, 0.4) is 0 Å². The highest BCUT2D eigenvalue weighted by Gasteiger charge is 2.26. The van der Waals surface area contributed by atoms with E-state index < -0.39 is 6.10 Å². The van der Waals surface area contributed by atoms with Crippen molar-refractivity contribution in [3.63, 3.8) is 0 Å². The summed E-state index contributed by atoms with van der Waals surface area (Å²) in [5, 5.41) is 15.2. The summed E-state index contributed by atoms with van der Waals surface area (Å²) in [7, 11) is 1.74. The molecule has 0 radical (unpaired) electrons. The van der Waals surface area contributed by atoms with E-state index in [1.807, 2.05) is 42.5 Å². The lowest BCUT2D eigenvalue weighted by Crippen LogP contribution is -2.35. The van der Waals surface area contributed by atoms with E-state index in [2.05, 4.69) is 10.1 Å². The lowest BCUT2D eigenvalue weighted by molar-refractivity contribution is 0.0597. The number of carbonyl (C=O) groups excluding carboxylic acids is 1. The van der Waals surface area contributed by atoms with Crippen molar-refractivity contribution >= 4 is 17.5 Å². The van der Waals surface area contributed by atoms with Crippen molar-refractivity contribution in [3.8, 4) is 0 Å². The van der Waals surface area contributed by atoms with Gasteiger partial charge in [-0.05, 0) is 30.2 Å². The van der Waals surface area contributed by atoms with Crippen LogP contribution in [-0.4, -0.2) is 37.2 Å². The molecular weight excluding hydrogens is 364 g/mol. The molecule has 1 atom stereocenters. The number of aliphatic hydroxyl groups excluding tert-OH is 1. The Hall–Kier alpha value is -2.70. The molecule has 0 aliphatic carbocycles. The highest BCUT2D eigenvalue weighted by Crippen LogP contribution is 2.23. The predicted molar refractivity (Wildman–Crippen MR) is 103 cm³/mol. The zero-order chi connectivity index (χ0) is 19.4. The number of pyridine rings is 1. The second-order valence-corrected chi connectivity index (χ2v) is 6.72. The van der Waals surface area contributed by atoms with Gasteiger partial charge in [0, 0.05) is 26.0 Å². The average Bonchev–Trinajstić information content (AvgIpc) is 2.95. The van der Waals surface area contributed by atoms with Crippen molar-refractivity contribution in [2.75, 3.05) is 6.54 Å². The van der Waals surface area contributed by atoms with Crippen molar-refractivity contribution in [3.05, 3.63) is 82.4 Å². The predicted octanol–water partition coefficient (Wildman–Crippen LogP) is 3.15. The second kappa shape index (κ2) is 8.33. The molecule has 2 heterocycles. The molecular formula is C20H21ClN4O2. The number of nitrogens with zero attached hydrogens (tertiary/aromatic N) is 4. The number of halogens is 1. The van der Waals surface area contributed by atoms with Gasteiger partial charge in [-0.25, -0.2) is 0 Å². The number of amides is 1. The van der Waals surface area contributed by atoms with Crippen molar-refractivity contribution in [2.24, 2.45) is 7.05 Å². The zero-order valence-electron chi connectivity index (χ0n) is 15.2. The van der Waals surface area contributed by atoms with Gasteiger partial charge in [0.25, 0.3) is 5.91 Å². The van der Waals surface area contributed by atoms with Crippen LogP contribution in [0.5, 0.6) is 0 Å². The summed E-state index contributed by atoms with van der Waals surface area (Å²) in [6.45, 7) is 2.24. The van der Waals surface area contributed by atoms with Crippen LogP contribution in [0.4, 0.5) is 0 Å². The van der Waals surface area contributed by atoms with E-state index >= 15 is 0 Å². The van der Waals surface area contributed by atoms with Crippen LogP contribution in [-0.2, 0) is 13.6 Å². The topological polar surface area (TPSA) is 71.2 Å². The van der Waals surface area contributed by atoms with E-state index in [0.717, 1.165) is 11.1 Å². The number of rotatable bonds is 6. The summed E-state index contributed by atoms with van der Waals surface area (Å²) >= 11 is 6.31. The van der Waals surface area contributed by atoms with Crippen LogP contribution in [0, 0.1) is 6.92 Å². The maximum atomic E-state index is 13.1. The maximum Gasteiger partial charge on any atom is 0.276 e. The fourth-order valence-corrected chi connectivity index (χ4v) is 3.03. The maximum absolute atomic E-state index is 13.1. The minimum absolute atomic E-state index is 0.122. The van der Waals surface area contributed by atoms with Crippen LogP contribution in [0.15, 0.2) is 54.9 Å². The van der Waals surface area contributed by atoms with Crippen LogP contribution in [0.2, 0.25) is 5.02 Å². The Morgan fingerprint density at radius 1 is 1.22 bits per heavy atom. The molecule has 6 nitrogen and oxygen atoms in total. The summed E-state index contributed by atoms with van der Waals surface area (Å²) in [5.41, 5.74) is 2.55. The average molecular weight is 385 g/mol. The lowest BCUT2D eigenvalue weighted by atomic mass is 10.1. The number of aliphatic hydroxyl groups is 1. The number of aryl methyl sites for hydroxylation is 1. The van der Waals surface area contributed by atoms with E-state index in [4.69, 9.17) is 11.6 Å². The quantitative estimate of drug-likeness (QED) is 0.708. The highest BCUT2D eigenvalue weighted by molar-refractivity contribution is 6.34. The zero-order valence-corrected chi connectivity index (χ0v) is 16.0. The smallest absolute Gasteiger partial charge is 0.276 e. The summed E-state index contributed by atoms with van der Waals surface area (Å²) in [4.78, 5) is 18.7. The number of aromatic nitrogens is 3. The largest absolute Gasteiger partial charge is 0.387 e. The van der Waals surface area contributed by atoms with Crippen molar-refractivity contribution < 1.29 is 9.90 Å². The van der Waals surface area contributed by atoms with Gasteiger partial charge in [0.05, 0.1) is 23.4 Å². The molecule has 0 bridgehead atoms.